The predicted molar refractivity (Wildman–Crippen MR) is 50.9 cm³/mol. The van der Waals surface area contributed by atoms with E-state index >= 15 is 0 Å². The molecule has 0 aliphatic carbocycles. The molecule has 0 bridgehead atoms. The maximum atomic E-state index is 8.80. The first kappa shape index (κ1) is 8.02. The highest BCUT2D eigenvalue weighted by atomic mass is 32.1. The van der Waals surface area contributed by atoms with Crippen LogP contribution in [0.25, 0.3) is 10.1 Å². The van der Waals surface area contributed by atoms with E-state index in [4.69, 9.17) is 10.00 Å². The third-order valence-electron chi connectivity index (χ3n) is 1.80. The Labute approximate surface area is 79.4 Å². The van der Waals surface area contributed by atoms with Crippen LogP contribution in [0.15, 0.2) is 18.3 Å². The lowest BCUT2D eigenvalue weighted by Crippen LogP contribution is -1.86. The Hall–Kier alpha value is -1.60. The van der Waals surface area contributed by atoms with Crippen LogP contribution in [0.1, 0.15) is 5.56 Å². The number of ether oxygens (including phenoxy) is 1. The summed E-state index contributed by atoms with van der Waals surface area (Å²) in [5, 5.41) is 9.82. The van der Waals surface area contributed by atoms with Crippen LogP contribution in [-0.2, 0) is 0 Å². The van der Waals surface area contributed by atoms with E-state index in [1.807, 2.05) is 6.07 Å². The van der Waals surface area contributed by atoms with Crippen molar-refractivity contribution in [2.75, 3.05) is 7.11 Å². The topological polar surface area (TPSA) is 45.9 Å². The number of nitriles is 1. The summed E-state index contributed by atoms with van der Waals surface area (Å²) in [5.41, 5.74) is 0.555. The molecule has 1 heterocycles. The van der Waals surface area contributed by atoms with Gasteiger partial charge in [0.25, 0.3) is 0 Å². The molecule has 0 aliphatic heterocycles. The van der Waals surface area contributed by atoms with Gasteiger partial charge in [-0.1, -0.05) is 0 Å². The normalized spacial score (nSPS) is 9.85. The van der Waals surface area contributed by atoms with Gasteiger partial charge in [-0.3, -0.25) is 0 Å². The van der Waals surface area contributed by atoms with Crippen LogP contribution in [0.5, 0.6) is 5.75 Å². The van der Waals surface area contributed by atoms with Crippen molar-refractivity contribution >= 4 is 21.6 Å². The van der Waals surface area contributed by atoms with Gasteiger partial charge in [-0.25, -0.2) is 0 Å². The zero-order chi connectivity index (χ0) is 9.26. The minimum atomic E-state index is 0.555. The van der Waals surface area contributed by atoms with Crippen LogP contribution in [0.2, 0.25) is 0 Å². The summed E-state index contributed by atoms with van der Waals surface area (Å²) in [4.78, 5) is 0. The van der Waals surface area contributed by atoms with Gasteiger partial charge in [0.05, 0.1) is 17.4 Å². The molecule has 0 fully saturated rings. The first-order valence-electron chi connectivity index (χ1n) is 3.67. The molecule has 0 saturated carbocycles. The fourth-order valence-corrected chi connectivity index (χ4v) is 1.82. The Morgan fingerprint density at radius 3 is 3.08 bits per heavy atom. The highest BCUT2D eigenvalue weighted by Gasteiger charge is 2.05. The SMILES string of the molecule is COc1cc2cnsc2cc1C#N. The standard InChI is InChI=1S/C9H6N2OS/c1-12-8-2-7-5-11-13-9(7)3-6(8)4-10/h2-3,5H,1H3. The fraction of sp³-hybridized carbons (Fsp3) is 0.111. The molecule has 0 saturated heterocycles. The first-order chi connectivity index (χ1) is 6.35. The number of hydrogen-bond donors (Lipinski definition) is 0. The molecule has 0 unspecified atom stereocenters. The smallest absolute Gasteiger partial charge is 0.137 e. The van der Waals surface area contributed by atoms with Crippen molar-refractivity contribution in [3.8, 4) is 11.8 Å². The van der Waals surface area contributed by atoms with Gasteiger partial charge in [0.15, 0.2) is 0 Å². The summed E-state index contributed by atoms with van der Waals surface area (Å²) in [6, 6.07) is 5.71. The quantitative estimate of drug-likeness (QED) is 0.692. The monoisotopic (exact) mass is 190 g/mol. The molecule has 0 radical (unpaired) electrons. The summed E-state index contributed by atoms with van der Waals surface area (Å²) in [6.07, 6.45) is 1.77. The third-order valence-corrected chi connectivity index (χ3v) is 2.56. The van der Waals surface area contributed by atoms with Gasteiger partial charge in [0.2, 0.25) is 0 Å². The van der Waals surface area contributed by atoms with Gasteiger partial charge in [0, 0.05) is 11.6 Å². The van der Waals surface area contributed by atoms with E-state index in [9.17, 15) is 0 Å². The van der Waals surface area contributed by atoms with E-state index in [1.165, 1.54) is 11.5 Å². The van der Waals surface area contributed by atoms with E-state index in [0.29, 0.717) is 11.3 Å². The van der Waals surface area contributed by atoms with E-state index in [0.717, 1.165) is 10.1 Å². The van der Waals surface area contributed by atoms with Crippen molar-refractivity contribution < 1.29 is 4.74 Å². The Bertz CT molecular complexity index is 484. The van der Waals surface area contributed by atoms with E-state index in [-0.39, 0.29) is 0 Å². The first-order valence-corrected chi connectivity index (χ1v) is 4.45. The lowest BCUT2D eigenvalue weighted by Gasteiger charge is -2.00. The molecule has 2 rings (SSSR count). The zero-order valence-electron chi connectivity index (χ0n) is 6.94. The number of benzene rings is 1. The third kappa shape index (κ3) is 1.23. The van der Waals surface area contributed by atoms with Crippen LogP contribution in [0.3, 0.4) is 0 Å². The molecule has 0 aliphatic rings. The van der Waals surface area contributed by atoms with Crippen LogP contribution < -0.4 is 4.74 Å². The Morgan fingerprint density at radius 1 is 1.54 bits per heavy atom. The summed E-state index contributed by atoms with van der Waals surface area (Å²) < 4.78 is 10.1. The van der Waals surface area contributed by atoms with Gasteiger partial charge in [0.1, 0.15) is 11.8 Å². The number of hydrogen-bond acceptors (Lipinski definition) is 4. The highest BCUT2D eigenvalue weighted by Crippen LogP contribution is 2.27. The fourth-order valence-electron chi connectivity index (χ4n) is 1.15. The molecule has 0 amide bonds. The number of nitrogens with zero attached hydrogens (tertiary/aromatic N) is 2. The van der Waals surface area contributed by atoms with Crippen molar-refractivity contribution in [3.05, 3.63) is 23.9 Å². The van der Waals surface area contributed by atoms with Crippen molar-refractivity contribution in [1.82, 2.24) is 4.37 Å². The Balaban J connectivity index is 2.76. The van der Waals surface area contributed by atoms with Crippen LogP contribution in [0, 0.1) is 11.3 Å². The van der Waals surface area contributed by atoms with Crippen molar-refractivity contribution in [3.63, 3.8) is 0 Å². The molecule has 0 N–H and O–H groups in total. The predicted octanol–water partition coefficient (Wildman–Crippen LogP) is 2.18. The maximum absolute atomic E-state index is 8.80. The lowest BCUT2D eigenvalue weighted by atomic mass is 10.2. The second-order valence-corrected chi connectivity index (χ2v) is 3.36. The van der Waals surface area contributed by atoms with Gasteiger partial charge >= 0.3 is 0 Å². The molecule has 64 valence electrons. The zero-order valence-corrected chi connectivity index (χ0v) is 7.76. The molecule has 0 atom stereocenters. The highest BCUT2D eigenvalue weighted by molar-refractivity contribution is 7.13. The summed E-state index contributed by atoms with van der Waals surface area (Å²) in [5.74, 6) is 0.607. The van der Waals surface area contributed by atoms with Gasteiger partial charge in [-0.05, 0) is 23.7 Å². The summed E-state index contributed by atoms with van der Waals surface area (Å²) >= 11 is 1.38. The molecule has 1 aromatic heterocycles. The van der Waals surface area contributed by atoms with E-state index in [2.05, 4.69) is 10.4 Å². The van der Waals surface area contributed by atoms with Gasteiger partial charge in [-0.15, -0.1) is 0 Å². The molecule has 3 nitrogen and oxygen atoms in total. The Morgan fingerprint density at radius 2 is 2.38 bits per heavy atom. The van der Waals surface area contributed by atoms with Crippen molar-refractivity contribution in [1.29, 1.82) is 5.26 Å². The van der Waals surface area contributed by atoms with Crippen molar-refractivity contribution in [2.45, 2.75) is 0 Å². The largest absolute Gasteiger partial charge is 0.495 e. The minimum absolute atomic E-state index is 0.555. The second kappa shape index (κ2) is 3.04. The number of methoxy groups -OCH3 is 1. The maximum Gasteiger partial charge on any atom is 0.137 e. The molecular formula is C9H6N2OS. The average Bonchev–Trinajstić information content (AvgIpc) is 2.62. The lowest BCUT2D eigenvalue weighted by molar-refractivity contribution is 0.414. The molecular weight excluding hydrogens is 184 g/mol. The molecule has 0 spiro atoms. The summed E-state index contributed by atoms with van der Waals surface area (Å²) in [7, 11) is 1.56. The second-order valence-electron chi connectivity index (χ2n) is 2.53. The van der Waals surface area contributed by atoms with E-state index < -0.39 is 0 Å². The van der Waals surface area contributed by atoms with Crippen LogP contribution >= 0.6 is 11.5 Å². The summed E-state index contributed by atoms with van der Waals surface area (Å²) in [6.45, 7) is 0. The minimum Gasteiger partial charge on any atom is -0.495 e. The van der Waals surface area contributed by atoms with Crippen LogP contribution in [-0.4, -0.2) is 11.5 Å². The average molecular weight is 190 g/mol. The molecule has 2 aromatic rings. The van der Waals surface area contributed by atoms with E-state index in [1.54, 1.807) is 19.4 Å². The molecule has 4 heteroatoms. The van der Waals surface area contributed by atoms with Gasteiger partial charge < -0.3 is 4.74 Å². The number of aromatic nitrogens is 1. The molecule has 13 heavy (non-hydrogen) atoms. The Kier molecular flexibility index (Phi) is 1.87. The number of rotatable bonds is 1. The van der Waals surface area contributed by atoms with Gasteiger partial charge in [-0.2, -0.15) is 9.64 Å². The number of fused-ring (bicyclic) bond motifs is 1. The molecule has 1 aromatic carbocycles. The van der Waals surface area contributed by atoms with Crippen molar-refractivity contribution in [2.24, 2.45) is 0 Å². The van der Waals surface area contributed by atoms with Crippen LogP contribution in [0.4, 0.5) is 0 Å².